The molecule has 0 fully saturated rings. The van der Waals surface area contributed by atoms with Crippen LogP contribution in [0, 0.1) is 0 Å². The van der Waals surface area contributed by atoms with Gasteiger partial charge in [-0.2, -0.15) is 4.98 Å². The van der Waals surface area contributed by atoms with Crippen LogP contribution in [0.4, 0.5) is 28.8 Å². The van der Waals surface area contributed by atoms with Crippen LogP contribution in [-0.2, 0) is 10.2 Å². The summed E-state index contributed by atoms with van der Waals surface area (Å²) in [5.41, 5.74) is 5.52. The van der Waals surface area contributed by atoms with Crippen LogP contribution < -0.4 is 16.0 Å². The first-order chi connectivity index (χ1) is 16.9. The number of amides is 1. The normalized spacial score (nSPS) is 14.4. The summed E-state index contributed by atoms with van der Waals surface area (Å²) in [7, 11) is 0. The van der Waals surface area contributed by atoms with E-state index in [2.05, 4.69) is 44.7 Å². The molecule has 4 aromatic rings. The van der Waals surface area contributed by atoms with Gasteiger partial charge < -0.3 is 16.0 Å². The number of carbonyl (C=O) groups excluding carboxylic acids is 1. The van der Waals surface area contributed by atoms with Crippen LogP contribution in [0.3, 0.4) is 0 Å². The van der Waals surface area contributed by atoms with Gasteiger partial charge in [0.05, 0.1) is 6.20 Å². The molecule has 35 heavy (non-hydrogen) atoms. The molecule has 0 atom stereocenters. The van der Waals surface area contributed by atoms with E-state index in [9.17, 15) is 4.79 Å². The molecule has 0 saturated carbocycles. The molecule has 5 rings (SSSR count). The van der Waals surface area contributed by atoms with E-state index in [4.69, 9.17) is 11.6 Å². The first-order valence-electron chi connectivity index (χ1n) is 11.4. The van der Waals surface area contributed by atoms with Crippen molar-refractivity contribution in [2.45, 2.75) is 32.1 Å². The average molecular weight is 485 g/mol. The topological polar surface area (TPSA) is 91.8 Å². The van der Waals surface area contributed by atoms with Gasteiger partial charge in [-0.3, -0.25) is 9.78 Å². The molecular weight excluding hydrogens is 460 g/mol. The van der Waals surface area contributed by atoms with Gasteiger partial charge >= 0.3 is 0 Å². The third kappa shape index (κ3) is 5.10. The Morgan fingerprint density at radius 1 is 0.971 bits per heavy atom. The third-order valence-corrected chi connectivity index (χ3v) is 6.40. The van der Waals surface area contributed by atoms with E-state index in [0.29, 0.717) is 23.2 Å². The Morgan fingerprint density at radius 3 is 2.63 bits per heavy atom. The molecule has 2 aromatic heterocycles. The monoisotopic (exact) mass is 484 g/mol. The van der Waals surface area contributed by atoms with Crippen LogP contribution in [0.1, 0.15) is 32.3 Å². The number of nitrogens with zero attached hydrogens (tertiary/aromatic N) is 3. The maximum absolute atomic E-state index is 12.1. The second kappa shape index (κ2) is 9.35. The summed E-state index contributed by atoms with van der Waals surface area (Å²) in [5, 5.41) is 9.98. The molecule has 1 aliphatic rings. The summed E-state index contributed by atoms with van der Waals surface area (Å²) >= 11 is 6.40. The minimum atomic E-state index is -0.140. The Kier molecular flexibility index (Phi) is 6.09. The van der Waals surface area contributed by atoms with Crippen molar-refractivity contribution in [1.29, 1.82) is 0 Å². The molecule has 8 heteroatoms. The Bertz CT molecular complexity index is 1390. The standard InChI is InChI=1S/C27H25ClN6O/c1-27(2)11-10-24(35)33-23-9-8-20(14-21(23)27)32-26-30-16-22(28)25(34-26)31-19-7-3-5-17(13-19)18-6-4-12-29-15-18/h3-9,12-16H,10-11H2,1-2H3,(H,33,35)(H2,30,31,32,34). The highest BCUT2D eigenvalue weighted by Crippen LogP contribution is 2.38. The van der Waals surface area contributed by atoms with E-state index in [0.717, 1.165) is 40.2 Å². The first kappa shape index (κ1) is 22.8. The van der Waals surface area contributed by atoms with Gasteiger partial charge in [-0.1, -0.05) is 43.6 Å². The van der Waals surface area contributed by atoms with Crippen LogP contribution in [0.5, 0.6) is 0 Å². The van der Waals surface area contributed by atoms with E-state index >= 15 is 0 Å². The molecule has 0 bridgehead atoms. The summed E-state index contributed by atoms with van der Waals surface area (Å²) in [4.78, 5) is 25.2. The number of rotatable bonds is 5. The largest absolute Gasteiger partial charge is 0.339 e. The zero-order chi connectivity index (χ0) is 24.4. The fraction of sp³-hybridized carbons (Fsp3) is 0.185. The molecule has 0 unspecified atom stereocenters. The molecule has 2 aromatic carbocycles. The lowest BCUT2D eigenvalue weighted by atomic mass is 9.80. The Hall–Kier alpha value is -3.97. The Balaban J connectivity index is 1.39. The number of anilines is 5. The second-order valence-electron chi connectivity index (χ2n) is 9.16. The molecule has 0 radical (unpaired) electrons. The van der Waals surface area contributed by atoms with Crippen molar-refractivity contribution < 1.29 is 4.79 Å². The maximum Gasteiger partial charge on any atom is 0.229 e. The van der Waals surface area contributed by atoms with Gasteiger partial charge in [0.15, 0.2) is 5.82 Å². The van der Waals surface area contributed by atoms with Crippen LogP contribution in [0.2, 0.25) is 5.02 Å². The highest BCUT2D eigenvalue weighted by molar-refractivity contribution is 6.32. The summed E-state index contributed by atoms with van der Waals surface area (Å²) in [6.45, 7) is 4.30. The number of halogens is 1. The van der Waals surface area contributed by atoms with E-state index in [-0.39, 0.29) is 11.3 Å². The predicted octanol–water partition coefficient (Wildman–Crippen LogP) is 6.69. The number of carbonyl (C=O) groups is 1. The van der Waals surface area contributed by atoms with E-state index < -0.39 is 0 Å². The molecule has 1 amide bonds. The van der Waals surface area contributed by atoms with Crippen molar-refractivity contribution in [3.05, 3.63) is 83.8 Å². The molecule has 0 spiro atoms. The minimum absolute atomic E-state index is 0.0434. The fourth-order valence-electron chi connectivity index (χ4n) is 4.16. The molecule has 176 valence electrons. The molecule has 0 aliphatic carbocycles. The van der Waals surface area contributed by atoms with Crippen molar-refractivity contribution in [3.63, 3.8) is 0 Å². The van der Waals surface area contributed by atoms with Gasteiger partial charge in [0.1, 0.15) is 5.02 Å². The van der Waals surface area contributed by atoms with Gasteiger partial charge in [0.2, 0.25) is 11.9 Å². The molecule has 1 aliphatic heterocycles. The van der Waals surface area contributed by atoms with E-state index in [1.54, 1.807) is 12.4 Å². The lowest BCUT2D eigenvalue weighted by Gasteiger charge is -2.25. The predicted molar refractivity (Wildman–Crippen MR) is 141 cm³/mol. The Morgan fingerprint density at radius 2 is 1.80 bits per heavy atom. The Labute approximate surface area is 209 Å². The lowest BCUT2D eigenvalue weighted by Crippen LogP contribution is -2.16. The maximum atomic E-state index is 12.1. The van der Waals surface area contributed by atoms with E-state index in [1.165, 1.54) is 0 Å². The van der Waals surface area contributed by atoms with Gasteiger partial charge in [-0.05, 0) is 59.4 Å². The highest BCUT2D eigenvalue weighted by Gasteiger charge is 2.28. The number of pyridine rings is 1. The van der Waals surface area contributed by atoms with E-state index in [1.807, 2.05) is 60.8 Å². The van der Waals surface area contributed by atoms with Crippen LogP contribution in [0.15, 0.2) is 73.2 Å². The summed E-state index contributed by atoms with van der Waals surface area (Å²) in [6.07, 6.45) is 6.42. The zero-order valence-electron chi connectivity index (χ0n) is 19.5. The number of fused-ring (bicyclic) bond motifs is 1. The fourth-order valence-corrected chi connectivity index (χ4v) is 4.29. The molecular formula is C27H25ClN6O. The van der Waals surface area contributed by atoms with Crippen molar-refractivity contribution in [3.8, 4) is 11.1 Å². The smallest absolute Gasteiger partial charge is 0.229 e. The van der Waals surface area contributed by atoms with Crippen molar-refractivity contribution in [1.82, 2.24) is 15.0 Å². The molecule has 3 N–H and O–H groups in total. The number of hydrogen-bond donors (Lipinski definition) is 3. The van der Waals surface area contributed by atoms with Crippen LogP contribution in [0.25, 0.3) is 11.1 Å². The summed E-state index contributed by atoms with van der Waals surface area (Å²) < 4.78 is 0. The average Bonchev–Trinajstić information content (AvgIpc) is 2.97. The van der Waals surface area contributed by atoms with Gasteiger partial charge in [0, 0.05) is 41.4 Å². The highest BCUT2D eigenvalue weighted by atomic mass is 35.5. The lowest BCUT2D eigenvalue weighted by molar-refractivity contribution is -0.116. The van der Waals surface area contributed by atoms with Crippen molar-refractivity contribution in [2.75, 3.05) is 16.0 Å². The zero-order valence-corrected chi connectivity index (χ0v) is 20.2. The molecule has 0 saturated heterocycles. The number of aromatic nitrogens is 3. The molecule has 7 nitrogen and oxygen atoms in total. The number of benzene rings is 2. The van der Waals surface area contributed by atoms with Crippen molar-refractivity contribution in [2.24, 2.45) is 0 Å². The number of nitrogens with one attached hydrogen (secondary N) is 3. The van der Waals surface area contributed by atoms with Gasteiger partial charge in [0.25, 0.3) is 0 Å². The van der Waals surface area contributed by atoms with Gasteiger partial charge in [-0.15, -0.1) is 0 Å². The van der Waals surface area contributed by atoms with Crippen LogP contribution in [-0.4, -0.2) is 20.9 Å². The third-order valence-electron chi connectivity index (χ3n) is 6.12. The molecule has 3 heterocycles. The minimum Gasteiger partial charge on any atom is -0.339 e. The number of hydrogen-bond acceptors (Lipinski definition) is 6. The van der Waals surface area contributed by atoms with Gasteiger partial charge in [-0.25, -0.2) is 4.98 Å². The summed E-state index contributed by atoms with van der Waals surface area (Å²) in [5.74, 6) is 0.951. The summed E-state index contributed by atoms with van der Waals surface area (Å²) in [6, 6.07) is 17.8. The van der Waals surface area contributed by atoms with Crippen LogP contribution >= 0.6 is 11.6 Å². The first-order valence-corrected chi connectivity index (χ1v) is 11.8. The second-order valence-corrected chi connectivity index (χ2v) is 9.56. The SMILES string of the molecule is CC1(C)CCC(=O)Nc2ccc(Nc3ncc(Cl)c(Nc4cccc(-c5cccnc5)c4)n3)cc21. The quantitative estimate of drug-likeness (QED) is 0.292. The van der Waals surface area contributed by atoms with Crippen molar-refractivity contribution >= 4 is 46.3 Å².